The van der Waals surface area contributed by atoms with Gasteiger partial charge >= 0.3 is 0 Å². The van der Waals surface area contributed by atoms with Crippen LogP contribution in [0.2, 0.25) is 0 Å². The fraction of sp³-hybridized carbons (Fsp3) is 0.571. The highest BCUT2D eigenvalue weighted by Crippen LogP contribution is 2.32. The molecule has 1 fully saturated rings. The van der Waals surface area contributed by atoms with Crippen molar-refractivity contribution in [3.05, 3.63) is 29.8 Å². The minimum absolute atomic E-state index is 0.0540. The Morgan fingerprint density at radius 3 is 2.84 bits per heavy atom. The van der Waals surface area contributed by atoms with Crippen molar-refractivity contribution < 1.29 is 18.6 Å². The molecule has 19 heavy (non-hydrogen) atoms. The fourth-order valence-electron chi connectivity index (χ4n) is 2.66. The largest absolute Gasteiger partial charge is 0.490 e. The Bertz CT molecular complexity index is 441. The highest BCUT2D eigenvalue weighted by atomic mass is 19.2. The van der Waals surface area contributed by atoms with Crippen molar-refractivity contribution in [3.63, 3.8) is 0 Å². The van der Waals surface area contributed by atoms with E-state index in [9.17, 15) is 13.9 Å². The van der Waals surface area contributed by atoms with Gasteiger partial charge in [0.05, 0.1) is 6.61 Å². The van der Waals surface area contributed by atoms with Gasteiger partial charge in [-0.1, -0.05) is 6.92 Å². The van der Waals surface area contributed by atoms with E-state index in [0.717, 1.165) is 31.5 Å². The second-order valence-electron chi connectivity index (χ2n) is 5.03. The Labute approximate surface area is 111 Å². The molecule has 0 heterocycles. The van der Waals surface area contributed by atoms with Gasteiger partial charge in [-0.3, -0.25) is 0 Å². The predicted molar refractivity (Wildman–Crippen MR) is 68.1 cm³/mol. The molecule has 5 heteroatoms. The lowest BCUT2D eigenvalue weighted by atomic mass is 9.99. The van der Waals surface area contributed by atoms with Gasteiger partial charge in [0.1, 0.15) is 11.9 Å². The van der Waals surface area contributed by atoms with Crippen LogP contribution in [0.15, 0.2) is 18.2 Å². The first-order valence-corrected chi connectivity index (χ1v) is 6.56. The normalized spacial score (nSPS) is 26.6. The van der Waals surface area contributed by atoms with Gasteiger partial charge in [0.15, 0.2) is 11.6 Å². The number of rotatable bonds is 5. The average molecular weight is 271 g/mol. The lowest BCUT2D eigenvalue weighted by Gasteiger charge is -2.27. The summed E-state index contributed by atoms with van der Waals surface area (Å²) in [5.41, 5.74) is -0.308. The van der Waals surface area contributed by atoms with Crippen LogP contribution in [0.1, 0.15) is 26.2 Å². The van der Waals surface area contributed by atoms with Crippen LogP contribution >= 0.6 is 0 Å². The van der Waals surface area contributed by atoms with Gasteiger partial charge in [0.2, 0.25) is 0 Å². The summed E-state index contributed by atoms with van der Waals surface area (Å²) in [7, 11) is 0. The summed E-state index contributed by atoms with van der Waals surface area (Å²) >= 11 is 0. The van der Waals surface area contributed by atoms with Crippen LogP contribution in [0, 0.1) is 11.6 Å². The molecule has 0 spiro atoms. The molecular formula is C14H19F2NO2. The number of benzene rings is 1. The summed E-state index contributed by atoms with van der Waals surface area (Å²) in [6, 6.07) is 3.54. The number of hydrogen-bond acceptors (Lipinski definition) is 3. The van der Waals surface area contributed by atoms with Crippen LogP contribution in [0.5, 0.6) is 5.75 Å². The molecule has 0 amide bonds. The van der Waals surface area contributed by atoms with Crippen LogP contribution in [0.25, 0.3) is 0 Å². The van der Waals surface area contributed by atoms with E-state index in [0.29, 0.717) is 12.2 Å². The van der Waals surface area contributed by atoms with Crippen LogP contribution in [0.4, 0.5) is 8.78 Å². The third kappa shape index (κ3) is 3.22. The van der Waals surface area contributed by atoms with E-state index >= 15 is 0 Å². The van der Waals surface area contributed by atoms with E-state index in [2.05, 4.69) is 5.32 Å². The molecule has 0 radical (unpaired) electrons. The number of nitrogens with one attached hydrogen (secondary N) is 1. The molecule has 1 aromatic carbocycles. The van der Waals surface area contributed by atoms with Gasteiger partial charge in [-0.05, 0) is 31.5 Å². The zero-order chi connectivity index (χ0) is 13.9. The van der Waals surface area contributed by atoms with E-state index < -0.39 is 11.6 Å². The maximum atomic E-state index is 13.1. The Morgan fingerprint density at radius 2 is 2.21 bits per heavy atom. The zero-order valence-corrected chi connectivity index (χ0v) is 11.0. The van der Waals surface area contributed by atoms with Crippen molar-refractivity contribution in [1.82, 2.24) is 5.32 Å². The van der Waals surface area contributed by atoms with Gasteiger partial charge in [-0.2, -0.15) is 0 Å². The van der Waals surface area contributed by atoms with Crippen molar-refractivity contribution in [2.75, 3.05) is 13.2 Å². The topological polar surface area (TPSA) is 41.5 Å². The number of aliphatic hydroxyl groups is 1. The smallest absolute Gasteiger partial charge is 0.162 e. The maximum Gasteiger partial charge on any atom is 0.162 e. The van der Waals surface area contributed by atoms with Crippen molar-refractivity contribution >= 4 is 0 Å². The highest BCUT2D eigenvalue weighted by molar-refractivity contribution is 5.24. The molecule has 0 bridgehead atoms. The molecule has 106 valence electrons. The van der Waals surface area contributed by atoms with Crippen LogP contribution in [-0.4, -0.2) is 29.9 Å². The Kier molecular flexibility index (Phi) is 4.37. The minimum Gasteiger partial charge on any atom is -0.490 e. The first-order chi connectivity index (χ1) is 9.08. The van der Waals surface area contributed by atoms with Crippen molar-refractivity contribution in [2.24, 2.45) is 0 Å². The standard InChI is InChI=1S/C14H19F2NO2/c1-2-17-14(9-18)6-5-11(8-14)19-10-3-4-12(15)13(16)7-10/h3-4,7,11,17-18H,2,5-6,8-9H2,1H3. The Morgan fingerprint density at radius 1 is 1.42 bits per heavy atom. The zero-order valence-electron chi connectivity index (χ0n) is 11.0. The van der Waals surface area contributed by atoms with Gasteiger partial charge in [-0.15, -0.1) is 0 Å². The molecule has 2 atom stereocenters. The SMILES string of the molecule is CCNC1(CO)CCC(Oc2ccc(F)c(F)c2)C1. The van der Waals surface area contributed by atoms with E-state index in [1.54, 1.807) is 0 Å². The number of ether oxygens (including phenoxy) is 1. The van der Waals surface area contributed by atoms with E-state index in [1.807, 2.05) is 6.92 Å². The number of halogens is 2. The van der Waals surface area contributed by atoms with Crippen molar-refractivity contribution in [3.8, 4) is 5.75 Å². The fourth-order valence-corrected chi connectivity index (χ4v) is 2.66. The van der Waals surface area contributed by atoms with E-state index in [4.69, 9.17) is 4.74 Å². The summed E-state index contributed by atoms with van der Waals surface area (Å²) in [6.45, 7) is 2.82. The molecule has 0 saturated heterocycles. The summed E-state index contributed by atoms with van der Waals surface area (Å²) in [6.07, 6.45) is 2.17. The average Bonchev–Trinajstić information content (AvgIpc) is 2.78. The second kappa shape index (κ2) is 5.84. The van der Waals surface area contributed by atoms with Crippen LogP contribution in [0.3, 0.4) is 0 Å². The molecule has 0 aliphatic heterocycles. The first-order valence-electron chi connectivity index (χ1n) is 6.56. The highest BCUT2D eigenvalue weighted by Gasteiger charge is 2.39. The number of likely N-dealkylation sites (N-methyl/N-ethyl adjacent to an activating group) is 1. The van der Waals surface area contributed by atoms with Gasteiger partial charge in [0.25, 0.3) is 0 Å². The lowest BCUT2D eigenvalue weighted by Crippen LogP contribution is -2.46. The number of hydrogen-bond donors (Lipinski definition) is 2. The first kappa shape index (κ1) is 14.2. The van der Waals surface area contributed by atoms with Crippen LogP contribution in [-0.2, 0) is 0 Å². The molecule has 0 aromatic heterocycles. The summed E-state index contributed by atoms with van der Waals surface area (Å²) < 4.78 is 31.6. The molecule has 2 rings (SSSR count). The second-order valence-corrected chi connectivity index (χ2v) is 5.03. The van der Waals surface area contributed by atoms with Gasteiger partial charge in [-0.25, -0.2) is 8.78 Å². The monoisotopic (exact) mass is 271 g/mol. The quantitative estimate of drug-likeness (QED) is 0.863. The van der Waals surface area contributed by atoms with Crippen LogP contribution < -0.4 is 10.1 Å². The summed E-state index contributed by atoms with van der Waals surface area (Å²) in [4.78, 5) is 0. The third-order valence-corrected chi connectivity index (χ3v) is 3.61. The minimum atomic E-state index is -0.907. The molecule has 1 saturated carbocycles. The third-order valence-electron chi connectivity index (χ3n) is 3.61. The predicted octanol–water partition coefficient (Wildman–Crippen LogP) is 2.24. The summed E-state index contributed by atoms with van der Waals surface area (Å²) in [5.74, 6) is -1.46. The lowest BCUT2D eigenvalue weighted by molar-refractivity contribution is 0.141. The Hall–Kier alpha value is -1.20. The van der Waals surface area contributed by atoms with Gasteiger partial charge in [0, 0.05) is 18.0 Å². The maximum absolute atomic E-state index is 13.1. The molecule has 1 aromatic rings. The van der Waals surface area contributed by atoms with E-state index in [-0.39, 0.29) is 18.2 Å². The number of aliphatic hydroxyl groups excluding tert-OH is 1. The molecule has 1 aliphatic rings. The summed E-state index contributed by atoms with van der Waals surface area (Å²) in [5, 5.41) is 12.8. The molecule has 2 N–H and O–H groups in total. The van der Waals surface area contributed by atoms with Crippen molar-refractivity contribution in [2.45, 2.75) is 37.8 Å². The molecule has 3 nitrogen and oxygen atoms in total. The molecule has 2 unspecified atom stereocenters. The van der Waals surface area contributed by atoms with Crippen molar-refractivity contribution in [1.29, 1.82) is 0 Å². The Balaban J connectivity index is 1.99. The van der Waals surface area contributed by atoms with E-state index in [1.165, 1.54) is 6.07 Å². The molecular weight excluding hydrogens is 252 g/mol. The van der Waals surface area contributed by atoms with Gasteiger partial charge < -0.3 is 15.2 Å². The molecule has 1 aliphatic carbocycles.